The fourth-order valence-electron chi connectivity index (χ4n) is 3.51. The second-order valence-electron chi connectivity index (χ2n) is 6.49. The first kappa shape index (κ1) is 14.6. The Hall–Kier alpha value is -0.770. The zero-order valence-electron chi connectivity index (χ0n) is 13.0. The lowest BCUT2D eigenvalue weighted by molar-refractivity contribution is 0.0147. The Labute approximate surface area is 118 Å². The van der Waals surface area contributed by atoms with Gasteiger partial charge in [-0.3, -0.25) is 4.99 Å². The lowest BCUT2D eigenvalue weighted by Crippen LogP contribution is -2.61. The quantitative estimate of drug-likeness (QED) is 0.797. The van der Waals surface area contributed by atoms with Crippen LogP contribution in [0.5, 0.6) is 0 Å². The maximum Gasteiger partial charge on any atom is 0.191 e. The van der Waals surface area contributed by atoms with E-state index < -0.39 is 0 Å². The third-order valence-electron chi connectivity index (χ3n) is 5.15. The molecule has 1 spiro atoms. The van der Waals surface area contributed by atoms with E-state index in [0.717, 1.165) is 50.5 Å². The maximum atomic E-state index is 6.11. The van der Waals surface area contributed by atoms with Crippen molar-refractivity contribution in [1.82, 2.24) is 9.80 Å². The predicted molar refractivity (Wildman–Crippen MR) is 81.3 cm³/mol. The van der Waals surface area contributed by atoms with E-state index in [2.05, 4.69) is 42.5 Å². The van der Waals surface area contributed by atoms with Gasteiger partial charge in [0.05, 0.1) is 12.1 Å². The van der Waals surface area contributed by atoms with E-state index in [1.54, 1.807) is 0 Å². The molecule has 0 radical (unpaired) electrons. The smallest absolute Gasteiger partial charge is 0.191 e. The van der Waals surface area contributed by atoms with Crippen LogP contribution in [-0.2, 0) is 0 Å². The summed E-state index contributed by atoms with van der Waals surface area (Å²) in [6.07, 6.45) is 2.54. The Balaban J connectivity index is 1.92. The van der Waals surface area contributed by atoms with Gasteiger partial charge in [-0.1, -0.05) is 27.7 Å². The molecule has 2 N–H and O–H groups in total. The minimum Gasteiger partial charge on any atom is -0.370 e. The van der Waals surface area contributed by atoms with E-state index in [9.17, 15) is 0 Å². The van der Waals surface area contributed by atoms with Crippen LogP contribution in [0.2, 0.25) is 0 Å². The highest BCUT2D eigenvalue weighted by molar-refractivity contribution is 5.81. The number of likely N-dealkylation sites (N-methyl/N-ethyl adjacent to an activating group) is 1. The second-order valence-corrected chi connectivity index (χ2v) is 6.49. The summed E-state index contributed by atoms with van der Waals surface area (Å²) < 4.78 is 0. The van der Waals surface area contributed by atoms with Gasteiger partial charge in [0.2, 0.25) is 0 Å². The summed E-state index contributed by atoms with van der Waals surface area (Å²) in [6, 6.07) is 0. The topological polar surface area (TPSA) is 44.9 Å². The fourth-order valence-corrected chi connectivity index (χ4v) is 3.51. The van der Waals surface area contributed by atoms with Crippen molar-refractivity contribution in [2.24, 2.45) is 22.6 Å². The number of nitrogens with zero attached hydrogens (tertiary/aromatic N) is 3. The summed E-state index contributed by atoms with van der Waals surface area (Å²) in [6.45, 7) is 14.4. The van der Waals surface area contributed by atoms with Crippen molar-refractivity contribution in [3.05, 3.63) is 0 Å². The van der Waals surface area contributed by atoms with Gasteiger partial charge in [0.15, 0.2) is 5.96 Å². The van der Waals surface area contributed by atoms with Gasteiger partial charge in [0, 0.05) is 13.1 Å². The fraction of sp³-hybridized carbons (Fsp3) is 0.933. The average Bonchev–Trinajstić information content (AvgIpc) is 2.66. The molecule has 0 atom stereocenters. The number of rotatable bonds is 6. The third-order valence-corrected chi connectivity index (χ3v) is 5.15. The average molecular weight is 266 g/mol. The Bertz CT molecular complexity index is 327. The van der Waals surface area contributed by atoms with Crippen LogP contribution in [0.4, 0.5) is 0 Å². The lowest BCUT2D eigenvalue weighted by Gasteiger charge is -2.52. The molecule has 0 amide bonds. The molecule has 0 aromatic rings. The number of hydrogen-bond donors (Lipinski definition) is 1. The van der Waals surface area contributed by atoms with Gasteiger partial charge in [-0.15, -0.1) is 0 Å². The van der Waals surface area contributed by atoms with Crippen molar-refractivity contribution in [2.45, 2.75) is 46.1 Å². The summed E-state index contributed by atoms with van der Waals surface area (Å²) in [5, 5.41) is 0. The molecule has 1 fully saturated rings. The first-order chi connectivity index (χ1) is 9.02. The van der Waals surface area contributed by atoms with Crippen LogP contribution in [-0.4, -0.2) is 54.0 Å². The van der Waals surface area contributed by atoms with Crippen molar-refractivity contribution in [1.29, 1.82) is 0 Å². The second kappa shape index (κ2) is 5.70. The number of nitrogens with two attached hydrogens (primary N) is 1. The van der Waals surface area contributed by atoms with Gasteiger partial charge in [-0.2, -0.15) is 0 Å². The van der Waals surface area contributed by atoms with Crippen LogP contribution in [0.3, 0.4) is 0 Å². The highest BCUT2D eigenvalue weighted by atomic mass is 15.4. The zero-order chi connectivity index (χ0) is 14.0. The first-order valence-corrected chi connectivity index (χ1v) is 7.82. The lowest BCUT2D eigenvalue weighted by atomic mass is 9.63. The van der Waals surface area contributed by atoms with E-state index in [4.69, 9.17) is 5.73 Å². The first-order valence-electron chi connectivity index (χ1n) is 7.82. The number of guanidine groups is 1. The molecule has 1 saturated carbocycles. The van der Waals surface area contributed by atoms with Crippen molar-refractivity contribution in [2.75, 3.05) is 32.7 Å². The van der Waals surface area contributed by atoms with Crippen molar-refractivity contribution >= 4 is 5.96 Å². The molecule has 0 aromatic heterocycles. The Morgan fingerprint density at radius 3 is 2.53 bits per heavy atom. The monoisotopic (exact) mass is 266 g/mol. The summed E-state index contributed by atoms with van der Waals surface area (Å²) >= 11 is 0. The summed E-state index contributed by atoms with van der Waals surface area (Å²) in [7, 11) is 0. The SMILES string of the molecule is CCN(CC)CCN1C(N)=NCC12CC(C(C)C)C2. The van der Waals surface area contributed by atoms with Crippen molar-refractivity contribution < 1.29 is 0 Å². The minimum atomic E-state index is 0.270. The normalized spacial score (nSPS) is 30.3. The zero-order valence-corrected chi connectivity index (χ0v) is 13.0. The van der Waals surface area contributed by atoms with E-state index in [1.165, 1.54) is 12.8 Å². The van der Waals surface area contributed by atoms with E-state index >= 15 is 0 Å². The molecule has 0 saturated heterocycles. The Morgan fingerprint density at radius 1 is 1.37 bits per heavy atom. The number of hydrogen-bond acceptors (Lipinski definition) is 4. The van der Waals surface area contributed by atoms with Crippen LogP contribution in [0, 0.1) is 11.8 Å². The molecule has 1 aliphatic heterocycles. The Morgan fingerprint density at radius 2 is 2.00 bits per heavy atom. The molecule has 1 aliphatic carbocycles. The molecule has 4 heteroatoms. The van der Waals surface area contributed by atoms with Gasteiger partial charge in [0.25, 0.3) is 0 Å². The predicted octanol–water partition coefficient (Wildman–Crippen LogP) is 1.76. The van der Waals surface area contributed by atoms with Crippen molar-refractivity contribution in [3.8, 4) is 0 Å². The summed E-state index contributed by atoms with van der Waals surface area (Å²) in [5.41, 5.74) is 6.38. The third kappa shape index (κ3) is 2.73. The number of aliphatic imine (C=N–C) groups is 1. The molecule has 2 aliphatic rings. The van der Waals surface area contributed by atoms with Gasteiger partial charge < -0.3 is 15.5 Å². The van der Waals surface area contributed by atoms with Crippen LogP contribution >= 0.6 is 0 Å². The molecular formula is C15H30N4. The van der Waals surface area contributed by atoms with Gasteiger partial charge in [-0.05, 0) is 37.8 Å². The molecule has 2 rings (SSSR count). The minimum absolute atomic E-state index is 0.270. The van der Waals surface area contributed by atoms with Crippen LogP contribution in [0.25, 0.3) is 0 Å². The standard InChI is InChI=1S/C15H30N4/c1-5-18(6-2)7-8-19-14(16)17-11-15(19)9-13(10-15)12(3)4/h12-13H,5-11H2,1-4H3,(H2,16,17). The molecular weight excluding hydrogens is 236 g/mol. The van der Waals surface area contributed by atoms with Crippen LogP contribution in [0.15, 0.2) is 4.99 Å². The maximum absolute atomic E-state index is 6.11. The molecule has 19 heavy (non-hydrogen) atoms. The van der Waals surface area contributed by atoms with Gasteiger partial charge >= 0.3 is 0 Å². The molecule has 4 nitrogen and oxygen atoms in total. The largest absolute Gasteiger partial charge is 0.370 e. The summed E-state index contributed by atoms with van der Waals surface area (Å²) in [4.78, 5) is 9.37. The van der Waals surface area contributed by atoms with E-state index in [0.29, 0.717) is 0 Å². The Kier molecular flexibility index (Phi) is 4.39. The summed E-state index contributed by atoms with van der Waals surface area (Å²) in [5.74, 6) is 2.42. The van der Waals surface area contributed by atoms with Crippen LogP contribution < -0.4 is 5.73 Å². The van der Waals surface area contributed by atoms with Crippen molar-refractivity contribution in [3.63, 3.8) is 0 Å². The van der Waals surface area contributed by atoms with Gasteiger partial charge in [-0.25, -0.2) is 0 Å². The van der Waals surface area contributed by atoms with E-state index in [1.807, 2.05) is 0 Å². The highest BCUT2D eigenvalue weighted by Crippen LogP contribution is 2.47. The molecule has 1 heterocycles. The molecule has 110 valence electrons. The van der Waals surface area contributed by atoms with Crippen LogP contribution in [0.1, 0.15) is 40.5 Å². The molecule has 0 unspecified atom stereocenters. The van der Waals surface area contributed by atoms with E-state index in [-0.39, 0.29) is 5.54 Å². The highest BCUT2D eigenvalue weighted by Gasteiger charge is 2.52. The van der Waals surface area contributed by atoms with Gasteiger partial charge in [0.1, 0.15) is 0 Å². The molecule has 0 aromatic carbocycles. The molecule has 0 bridgehead atoms.